The van der Waals surface area contributed by atoms with Gasteiger partial charge in [-0.2, -0.15) is 17.5 Å². The summed E-state index contributed by atoms with van der Waals surface area (Å²) in [6, 6.07) is 10.8. The molecule has 2 aliphatic rings. The van der Waals surface area contributed by atoms with Crippen LogP contribution < -0.4 is 4.74 Å². The molecule has 2 aliphatic heterocycles. The Kier molecular flexibility index (Phi) is 6.97. The van der Waals surface area contributed by atoms with Crippen LogP contribution >= 0.6 is 0 Å². The van der Waals surface area contributed by atoms with Gasteiger partial charge in [-0.05, 0) is 49.9 Å². The highest BCUT2D eigenvalue weighted by atomic mass is 32.2. The molecule has 2 aromatic carbocycles. The van der Waals surface area contributed by atoms with E-state index >= 15 is 0 Å². The van der Waals surface area contributed by atoms with Crippen LogP contribution in [0.5, 0.6) is 5.75 Å². The molecule has 33 heavy (non-hydrogen) atoms. The number of rotatable bonds is 5. The van der Waals surface area contributed by atoms with E-state index in [4.69, 9.17) is 4.74 Å². The summed E-state index contributed by atoms with van der Waals surface area (Å²) in [5, 5.41) is 0. The summed E-state index contributed by atoms with van der Waals surface area (Å²) in [6.45, 7) is 1.83. The van der Waals surface area contributed by atoms with Crippen LogP contribution in [0.25, 0.3) is 0 Å². The topological polar surface area (TPSA) is 49.9 Å². The van der Waals surface area contributed by atoms with Crippen molar-refractivity contribution in [1.82, 2.24) is 9.21 Å². The molecule has 0 spiro atoms. The van der Waals surface area contributed by atoms with Crippen molar-refractivity contribution in [3.63, 3.8) is 0 Å². The molecule has 2 fully saturated rings. The SMILES string of the molecule is O=S(=O)(c1ccccc1C(F)(F)F)N1CCC(N2CCC(Oc3ccccc3F)CC2)CC1. The van der Waals surface area contributed by atoms with Crippen LogP contribution in [0.2, 0.25) is 0 Å². The first-order chi connectivity index (χ1) is 15.7. The molecule has 0 bridgehead atoms. The first-order valence-corrected chi connectivity index (χ1v) is 12.4. The van der Waals surface area contributed by atoms with E-state index in [2.05, 4.69) is 4.90 Å². The highest BCUT2D eigenvalue weighted by Gasteiger charge is 2.40. The third kappa shape index (κ3) is 5.33. The van der Waals surface area contributed by atoms with E-state index in [1.807, 2.05) is 0 Å². The second-order valence-corrected chi connectivity index (χ2v) is 10.3. The largest absolute Gasteiger partial charge is 0.487 e. The van der Waals surface area contributed by atoms with Gasteiger partial charge in [-0.15, -0.1) is 0 Å². The monoisotopic (exact) mass is 486 g/mol. The molecule has 2 heterocycles. The molecule has 0 aromatic heterocycles. The lowest BCUT2D eigenvalue weighted by Gasteiger charge is -2.41. The third-order valence-corrected chi connectivity index (χ3v) is 8.31. The summed E-state index contributed by atoms with van der Waals surface area (Å²) in [4.78, 5) is 1.58. The molecular formula is C23H26F4N2O3S. The van der Waals surface area contributed by atoms with Gasteiger partial charge in [0.05, 0.1) is 10.5 Å². The van der Waals surface area contributed by atoms with Crippen molar-refractivity contribution in [3.8, 4) is 5.75 Å². The second kappa shape index (κ2) is 9.60. The van der Waals surface area contributed by atoms with Crippen LogP contribution in [-0.4, -0.2) is 55.9 Å². The molecule has 10 heteroatoms. The molecule has 2 aromatic rings. The Morgan fingerprint density at radius 3 is 2.09 bits per heavy atom. The number of ether oxygens (including phenoxy) is 1. The summed E-state index contributed by atoms with van der Waals surface area (Å²) in [5.74, 6) is -0.144. The van der Waals surface area contributed by atoms with Crippen molar-refractivity contribution in [1.29, 1.82) is 0 Å². The van der Waals surface area contributed by atoms with Gasteiger partial charge >= 0.3 is 6.18 Å². The number of nitrogens with zero attached hydrogens (tertiary/aromatic N) is 2. The van der Waals surface area contributed by atoms with Crippen molar-refractivity contribution in [2.45, 2.75) is 48.9 Å². The fourth-order valence-electron chi connectivity index (χ4n) is 4.59. The van der Waals surface area contributed by atoms with Crippen LogP contribution in [0.1, 0.15) is 31.2 Å². The molecule has 4 rings (SSSR count). The Bertz CT molecular complexity index is 1060. The summed E-state index contributed by atoms with van der Waals surface area (Å²) in [6.07, 6.45) is -2.27. The highest BCUT2D eigenvalue weighted by Crippen LogP contribution is 2.36. The zero-order valence-corrected chi connectivity index (χ0v) is 18.8. The average molecular weight is 487 g/mol. The lowest BCUT2D eigenvalue weighted by atomic mass is 10.00. The van der Waals surface area contributed by atoms with Crippen molar-refractivity contribution in [2.24, 2.45) is 0 Å². The number of benzene rings is 2. The number of likely N-dealkylation sites (tertiary alicyclic amines) is 1. The smallest absolute Gasteiger partial charge is 0.417 e. The Morgan fingerprint density at radius 1 is 0.848 bits per heavy atom. The Morgan fingerprint density at radius 2 is 1.45 bits per heavy atom. The van der Waals surface area contributed by atoms with Crippen molar-refractivity contribution in [2.75, 3.05) is 26.2 Å². The number of alkyl halides is 3. The molecule has 5 nitrogen and oxygen atoms in total. The molecular weight excluding hydrogens is 460 g/mol. The number of sulfonamides is 1. The molecule has 2 saturated heterocycles. The summed E-state index contributed by atoms with van der Waals surface area (Å²) >= 11 is 0. The van der Waals surface area contributed by atoms with Gasteiger partial charge in [0.25, 0.3) is 0 Å². The first kappa shape index (κ1) is 24.0. The standard InChI is InChI=1S/C23H26F4N2O3S/c24-20-6-2-3-7-21(20)32-18-11-13-28(14-12-18)17-9-15-29(16-10-17)33(30,31)22-8-4-1-5-19(22)23(25,26)27/h1-8,17-18H,9-16H2. The van der Waals surface area contributed by atoms with Crippen molar-refractivity contribution in [3.05, 3.63) is 59.9 Å². The van der Waals surface area contributed by atoms with E-state index < -0.39 is 26.7 Å². The van der Waals surface area contributed by atoms with Crippen molar-refractivity contribution >= 4 is 10.0 Å². The zero-order valence-electron chi connectivity index (χ0n) is 18.0. The predicted octanol–water partition coefficient (Wildman–Crippen LogP) is 4.54. The lowest BCUT2D eigenvalue weighted by Crippen LogP contribution is -2.50. The number of piperidine rings is 2. The molecule has 0 unspecified atom stereocenters. The minimum atomic E-state index is -4.74. The first-order valence-electron chi connectivity index (χ1n) is 11.0. The average Bonchev–Trinajstić information content (AvgIpc) is 2.81. The van der Waals surface area contributed by atoms with E-state index in [0.29, 0.717) is 12.8 Å². The molecule has 180 valence electrons. The molecule has 0 aliphatic carbocycles. The van der Waals surface area contributed by atoms with E-state index in [1.165, 1.54) is 18.2 Å². The van der Waals surface area contributed by atoms with Gasteiger partial charge in [0.2, 0.25) is 10.0 Å². The van der Waals surface area contributed by atoms with E-state index in [0.717, 1.165) is 42.4 Å². The quantitative estimate of drug-likeness (QED) is 0.583. The molecule has 0 saturated carbocycles. The maximum Gasteiger partial charge on any atom is 0.417 e. The van der Waals surface area contributed by atoms with Crippen molar-refractivity contribution < 1.29 is 30.7 Å². The van der Waals surface area contributed by atoms with Crippen LogP contribution in [0.3, 0.4) is 0 Å². The normalized spacial score (nSPS) is 20.1. The maximum absolute atomic E-state index is 13.8. The zero-order chi connectivity index (χ0) is 23.6. The molecule has 0 atom stereocenters. The van der Waals surface area contributed by atoms with Gasteiger partial charge in [-0.1, -0.05) is 24.3 Å². The number of hydrogen-bond acceptors (Lipinski definition) is 4. The van der Waals surface area contributed by atoms with Gasteiger partial charge in [0.1, 0.15) is 6.10 Å². The van der Waals surface area contributed by atoms with E-state index in [-0.39, 0.29) is 36.8 Å². The van der Waals surface area contributed by atoms with Gasteiger partial charge in [0, 0.05) is 32.2 Å². The molecule has 0 N–H and O–H groups in total. The molecule has 0 amide bonds. The Balaban J connectivity index is 1.33. The fourth-order valence-corrected chi connectivity index (χ4v) is 6.27. The third-order valence-electron chi connectivity index (χ3n) is 6.36. The summed E-state index contributed by atoms with van der Waals surface area (Å²) in [7, 11) is -4.24. The number of para-hydroxylation sites is 1. The second-order valence-electron chi connectivity index (χ2n) is 8.41. The van der Waals surface area contributed by atoms with Crippen LogP contribution in [0.15, 0.2) is 53.4 Å². The van der Waals surface area contributed by atoms with Gasteiger partial charge < -0.3 is 9.64 Å². The minimum absolute atomic E-state index is 0.0857. The molecule has 0 radical (unpaired) electrons. The fraction of sp³-hybridized carbons (Fsp3) is 0.478. The highest BCUT2D eigenvalue weighted by molar-refractivity contribution is 7.89. The Labute approximate surface area is 191 Å². The minimum Gasteiger partial charge on any atom is -0.487 e. The van der Waals surface area contributed by atoms with Crippen LogP contribution in [0, 0.1) is 5.82 Å². The van der Waals surface area contributed by atoms with Gasteiger partial charge in [0.15, 0.2) is 11.6 Å². The number of hydrogen-bond donors (Lipinski definition) is 0. The van der Waals surface area contributed by atoms with Crippen LogP contribution in [-0.2, 0) is 16.2 Å². The Hall–Kier alpha value is -2.17. The van der Waals surface area contributed by atoms with Gasteiger partial charge in [-0.25, -0.2) is 12.8 Å². The lowest BCUT2D eigenvalue weighted by molar-refractivity contribution is -0.139. The van der Waals surface area contributed by atoms with Gasteiger partial charge in [-0.3, -0.25) is 0 Å². The number of halogens is 4. The van der Waals surface area contributed by atoms with Crippen LogP contribution in [0.4, 0.5) is 17.6 Å². The van der Waals surface area contributed by atoms with E-state index in [1.54, 1.807) is 18.2 Å². The predicted molar refractivity (Wildman–Crippen MR) is 115 cm³/mol. The summed E-state index contributed by atoms with van der Waals surface area (Å²) in [5.41, 5.74) is -1.14. The summed E-state index contributed by atoms with van der Waals surface area (Å²) < 4.78 is 86.6. The maximum atomic E-state index is 13.8. The van der Waals surface area contributed by atoms with E-state index in [9.17, 15) is 26.0 Å².